The molecule has 46 heavy (non-hydrogen) atoms. The first-order valence-corrected chi connectivity index (χ1v) is 16.4. The Morgan fingerprint density at radius 3 is 2.48 bits per heavy atom. The number of rotatable bonds is 7. The van der Waals surface area contributed by atoms with E-state index in [1.807, 2.05) is 39.1 Å². The van der Waals surface area contributed by atoms with Gasteiger partial charge in [-0.1, -0.05) is 12.8 Å². The minimum atomic E-state index is -0.507. The molecule has 248 valence electrons. The Morgan fingerprint density at radius 2 is 1.80 bits per heavy atom. The molecule has 2 saturated heterocycles. The molecule has 5 heterocycles. The third-order valence-corrected chi connectivity index (χ3v) is 8.87. The molecule has 3 aromatic heterocycles. The van der Waals surface area contributed by atoms with E-state index in [1.54, 1.807) is 30.1 Å². The van der Waals surface area contributed by atoms with E-state index in [2.05, 4.69) is 35.7 Å². The van der Waals surface area contributed by atoms with Crippen LogP contribution in [0.15, 0.2) is 30.6 Å². The maximum Gasteiger partial charge on any atom is 0.410 e. The van der Waals surface area contributed by atoms with Crippen molar-refractivity contribution in [1.82, 2.24) is 34.2 Å². The monoisotopic (exact) mass is 633 g/mol. The van der Waals surface area contributed by atoms with Gasteiger partial charge in [0.1, 0.15) is 22.8 Å². The second-order valence-corrected chi connectivity index (χ2v) is 13.7. The summed E-state index contributed by atoms with van der Waals surface area (Å²) in [4.78, 5) is 47.7. The molecular weight excluding hydrogens is 586 g/mol. The lowest BCUT2D eigenvalue weighted by atomic mass is 10.2. The molecule has 13 heteroatoms. The van der Waals surface area contributed by atoms with Gasteiger partial charge in [-0.05, 0) is 51.8 Å². The summed E-state index contributed by atoms with van der Waals surface area (Å²) in [6.07, 6.45) is 7.77. The molecule has 13 nitrogen and oxygen atoms in total. The number of anilines is 3. The van der Waals surface area contributed by atoms with Gasteiger partial charge in [0, 0.05) is 71.0 Å². The Labute approximate surface area is 270 Å². The van der Waals surface area contributed by atoms with E-state index in [-0.39, 0.29) is 24.1 Å². The fraction of sp³-hybridized carbons (Fsp3) is 0.606. The van der Waals surface area contributed by atoms with Crippen molar-refractivity contribution < 1.29 is 19.1 Å². The molecule has 1 atom stereocenters. The number of carbonyl (C=O) groups excluding carboxylic acids is 2. The molecule has 0 bridgehead atoms. The zero-order chi connectivity index (χ0) is 32.4. The zero-order valence-electron chi connectivity index (χ0n) is 27.7. The molecule has 1 aliphatic carbocycles. The number of piperazine rings is 1. The number of hydrogen-bond acceptors (Lipinski definition) is 10. The Hall–Kier alpha value is -3.97. The SMILES string of the molecule is CN(C)C(=O)c1cc2cnc(Nc3ccc(N4CCN(C[C@@H]5CN(C(=O)OC(C)(C)C)CCO5)CC4)cn3)nc2n1C1CCCC1. The number of hydrogen-bond donors (Lipinski definition) is 1. The molecule has 0 unspecified atom stereocenters. The number of ether oxygens (including phenoxy) is 2. The van der Waals surface area contributed by atoms with Gasteiger partial charge in [-0.25, -0.2) is 14.8 Å². The first kappa shape index (κ1) is 32.0. The number of morpholine rings is 1. The Balaban J connectivity index is 1.05. The van der Waals surface area contributed by atoms with Crippen molar-refractivity contribution in [1.29, 1.82) is 0 Å². The van der Waals surface area contributed by atoms with Crippen molar-refractivity contribution in [2.24, 2.45) is 0 Å². The van der Waals surface area contributed by atoms with Gasteiger partial charge in [-0.3, -0.25) is 9.69 Å². The minimum absolute atomic E-state index is 0.0235. The lowest BCUT2D eigenvalue weighted by molar-refractivity contribution is -0.0526. The second kappa shape index (κ2) is 13.4. The summed E-state index contributed by atoms with van der Waals surface area (Å²) >= 11 is 0. The van der Waals surface area contributed by atoms with Crippen LogP contribution in [-0.4, -0.2) is 124 Å². The van der Waals surface area contributed by atoms with Gasteiger partial charge in [0.05, 0.1) is 31.1 Å². The van der Waals surface area contributed by atoms with E-state index in [9.17, 15) is 9.59 Å². The second-order valence-electron chi connectivity index (χ2n) is 13.7. The van der Waals surface area contributed by atoms with E-state index in [4.69, 9.17) is 14.5 Å². The minimum Gasteiger partial charge on any atom is -0.444 e. The van der Waals surface area contributed by atoms with Crippen molar-refractivity contribution in [3.8, 4) is 0 Å². The molecular formula is C33H47N9O4. The van der Waals surface area contributed by atoms with Crippen LogP contribution in [0.2, 0.25) is 0 Å². The summed E-state index contributed by atoms with van der Waals surface area (Å²) in [5.74, 6) is 1.09. The van der Waals surface area contributed by atoms with E-state index < -0.39 is 5.60 Å². The predicted octanol–water partition coefficient (Wildman–Crippen LogP) is 4.14. The third kappa shape index (κ3) is 7.36. The Kier molecular flexibility index (Phi) is 9.32. The Morgan fingerprint density at radius 1 is 1.04 bits per heavy atom. The molecule has 1 N–H and O–H groups in total. The molecule has 2 amide bonds. The topological polar surface area (TPSA) is 121 Å². The van der Waals surface area contributed by atoms with Gasteiger partial charge in [-0.15, -0.1) is 0 Å². The normalized spacial score (nSPS) is 19.9. The van der Waals surface area contributed by atoms with Gasteiger partial charge < -0.3 is 34.1 Å². The van der Waals surface area contributed by atoms with Crippen molar-refractivity contribution in [2.75, 3.05) is 76.7 Å². The molecule has 2 aliphatic heterocycles. The summed E-state index contributed by atoms with van der Waals surface area (Å²) in [5.41, 5.74) is 2.00. The number of pyridine rings is 1. The fourth-order valence-electron chi connectivity index (χ4n) is 6.55. The van der Waals surface area contributed by atoms with Crippen LogP contribution in [0.3, 0.4) is 0 Å². The number of nitrogens with one attached hydrogen (secondary N) is 1. The van der Waals surface area contributed by atoms with E-state index in [0.29, 0.717) is 37.2 Å². The van der Waals surface area contributed by atoms with Crippen molar-refractivity contribution in [3.05, 3.63) is 36.3 Å². The largest absolute Gasteiger partial charge is 0.444 e. The van der Waals surface area contributed by atoms with Crippen molar-refractivity contribution >= 4 is 40.5 Å². The summed E-state index contributed by atoms with van der Waals surface area (Å²) in [6.45, 7) is 11.6. The van der Waals surface area contributed by atoms with Crippen molar-refractivity contribution in [2.45, 2.75) is 64.2 Å². The zero-order valence-corrected chi connectivity index (χ0v) is 27.7. The maximum absolute atomic E-state index is 13.0. The van der Waals surface area contributed by atoms with Crippen LogP contribution in [0.25, 0.3) is 11.0 Å². The Bertz CT molecular complexity index is 1520. The molecule has 3 fully saturated rings. The van der Waals surface area contributed by atoms with Gasteiger partial charge in [-0.2, -0.15) is 4.98 Å². The lowest BCUT2D eigenvalue weighted by Crippen LogP contribution is -2.54. The molecule has 3 aromatic rings. The maximum atomic E-state index is 13.0. The van der Waals surface area contributed by atoms with E-state index >= 15 is 0 Å². The number of nitrogens with zero attached hydrogens (tertiary/aromatic N) is 8. The standard InChI is InChI=1S/C33H47N9O4/c1-33(2,3)46-32(44)41-16-17-45-26(22-41)21-39-12-14-40(15-13-39)25-10-11-28(34-20-25)36-31-35-19-23-18-27(30(43)38(4)5)42(29(23)37-31)24-8-6-7-9-24/h10-11,18-20,24,26H,6-9,12-17,21-22H2,1-5H3,(H,34,35,36,37)/t26-/m1/s1. The highest BCUT2D eigenvalue weighted by molar-refractivity contribution is 5.97. The van der Waals surface area contributed by atoms with Crippen LogP contribution in [-0.2, 0) is 9.47 Å². The smallest absolute Gasteiger partial charge is 0.410 e. The summed E-state index contributed by atoms with van der Waals surface area (Å²) in [7, 11) is 3.56. The number of fused-ring (bicyclic) bond motifs is 1. The average molecular weight is 634 g/mol. The first-order chi connectivity index (χ1) is 22.0. The van der Waals surface area contributed by atoms with Gasteiger partial charge >= 0.3 is 6.09 Å². The fourth-order valence-corrected chi connectivity index (χ4v) is 6.55. The molecule has 1 saturated carbocycles. The number of aromatic nitrogens is 4. The van der Waals surface area contributed by atoms with Crippen molar-refractivity contribution in [3.63, 3.8) is 0 Å². The van der Waals surface area contributed by atoms with Crippen LogP contribution < -0.4 is 10.2 Å². The molecule has 0 radical (unpaired) electrons. The van der Waals surface area contributed by atoms with Gasteiger partial charge in [0.2, 0.25) is 5.95 Å². The average Bonchev–Trinajstić information content (AvgIpc) is 3.69. The van der Waals surface area contributed by atoms with Crippen LogP contribution in [0.5, 0.6) is 0 Å². The van der Waals surface area contributed by atoms with Crippen LogP contribution in [0.4, 0.5) is 22.2 Å². The molecule has 0 spiro atoms. The third-order valence-electron chi connectivity index (χ3n) is 8.87. The highest BCUT2D eigenvalue weighted by Crippen LogP contribution is 2.35. The number of amides is 2. The van der Waals surface area contributed by atoms with Gasteiger partial charge in [0.25, 0.3) is 5.91 Å². The molecule has 0 aromatic carbocycles. The number of carbonyl (C=O) groups is 2. The van der Waals surface area contributed by atoms with Crippen LogP contribution >= 0.6 is 0 Å². The molecule has 6 rings (SSSR count). The summed E-state index contributed by atoms with van der Waals surface area (Å²) < 4.78 is 13.7. The highest BCUT2D eigenvalue weighted by Gasteiger charge is 2.30. The predicted molar refractivity (Wildman–Crippen MR) is 177 cm³/mol. The van der Waals surface area contributed by atoms with Gasteiger partial charge in [0.15, 0.2) is 0 Å². The van der Waals surface area contributed by atoms with E-state index in [0.717, 1.165) is 75.1 Å². The van der Waals surface area contributed by atoms with Crippen LogP contribution in [0, 0.1) is 0 Å². The van der Waals surface area contributed by atoms with E-state index in [1.165, 1.54) is 0 Å². The molecule has 3 aliphatic rings. The summed E-state index contributed by atoms with van der Waals surface area (Å²) in [6, 6.07) is 6.20. The summed E-state index contributed by atoms with van der Waals surface area (Å²) in [5, 5.41) is 4.12. The quantitative estimate of drug-likeness (QED) is 0.406. The lowest BCUT2D eigenvalue weighted by Gasteiger charge is -2.40. The highest BCUT2D eigenvalue weighted by atomic mass is 16.6. The van der Waals surface area contributed by atoms with Crippen LogP contribution in [0.1, 0.15) is 63.0 Å². The first-order valence-electron chi connectivity index (χ1n) is 16.4.